The maximum absolute atomic E-state index is 11.6. The summed E-state index contributed by atoms with van der Waals surface area (Å²) < 4.78 is 0. The van der Waals surface area contributed by atoms with Crippen LogP contribution >= 0.6 is 11.6 Å². The molecule has 0 heterocycles. The molecule has 21 heavy (non-hydrogen) atoms. The Kier molecular flexibility index (Phi) is 4.63. The third-order valence-electron chi connectivity index (χ3n) is 2.53. The number of carbonyl (C=O) groups is 1. The minimum absolute atomic E-state index is 0.0653. The molecule has 0 amide bonds. The molecule has 0 aliphatic carbocycles. The number of hydrogen-bond acceptors (Lipinski definition) is 5. The fraction of sp³-hybridized carbons (Fsp3) is 0. The van der Waals surface area contributed by atoms with Gasteiger partial charge in [0.1, 0.15) is 0 Å². The Morgan fingerprint density at radius 2 is 1.67 bits per heavy atom. The molecule has 0 aromatic heterocycles. The second-order valence-corrected chi connectivity index (χ2v) is 4.29. The van der Waals surface area contributed by atoms with E-state index >= 15 is 0 Å². The number of nitro benzene ring substituents is 1. The highest BCUT2D eigenvalue weighted by molar-refractivity contribution is 6.69. The Bertz CT molecular complexity index is 684. The van der Waals surface area contributed by atoms with Crippen molar-refractivity contribution in [2.24, 2.45) is 5.16 Å². The van der Waals surface area contributed by atoms with Crippen LogP contribution in [0.25, 0.3) is 0 Å². The highest BCUT2D eigenvalue weighted by Gasteiger charge is 2.09. The van der Waals surface area contributed by atoms with Crippen molar-refractivity contribution in [1.82, 2.24) is 0 Å². The maximum Gasteiger partial charge on any atom is 0.365 e. The molecule has 0 N–H and O–H groups in total. The molecule has 0 bridgehead atoms. The van der Waals surface area contributed by atoms with E-state index in [2.05, 4.69) is 5.16 Å². The van der Waals surface area contributed by atoms with Gasteiger partial charge in [-0.25, -0.2) is 4.79 Å². The molecular weight excluding hydrogens is 296 g/mol. The van der Waals surface area contributed by atoms with Crippen molar-refractivity contribution in [3.05, 3.63) is 75.8 Å². The second kappa shape index (κ2) is 6.62. The summed E-state index contributed by atoms with van der Waals surface area (Å²) in [5, 5.41) is 14.0. The molecule has 0 aliphatic heterocycles. The molecule has 0 fully saturated rings. The van der Waals surface area contributed by atoms with Crippen molar-refractivity contribution >= 4 is 28.4 Å². The molecule has 0 saturated carbocycles. The molecule has 0 atom stereocenters. The highest BCUT2D eigenvalue weighted by atomic mass is 35.5. The molecule has 7 heteroatoms. The van der Waals surface area contributed by atoms with E-state index in [1.165, 1.54) is 24.3 Å². The monoisotopic (exact) mass is 304 g/mol. The average molecular weight is 305 g/mol. The predicted molar refractivity (Wildman–Crippen MR) is 77.3 cm³/mol. The van der Waals surface area contributed by atoms with E-state index in [1.807, 2.05) is 0 Å². The normalized spacial score (nSPS) is 11.0. The van der Waals surface area contributed by atoms with E-state index < -0.39 is 10.9 Å². The van der Waals surface area contributed by atoms with Crippen LogP contribution in [-0.2, 0) is 4.84 Å². The quantitative estimate of drug-likeness (QED) is 0.375. The topological polar surface area (TPSA) is 81.8 Å². The van der Waals surface area contributed by atoms with Crippen LogP contribution in [0, 0.1) is 10.1 Å². The van der Waals surface area contributed by atoms with Crippen molar-refractivity contribution in [1.29, 1.82) is 0 Å². The van der Waals surface area contributed by atoms with Crippen LogP contribution in [0.3, 0.4) is 0 Å². The number of carbonyl (C=O) groups excluding carboxylic acids is 1. The first-order valence-electron chi connectivity index (χ1n) is 5.82. The highest BCUT2D eigenvalue weighted by Crippen LogP contribution is 2.14. The van der Waals surface area contributed by atoms with Gasteiger partial charge >= 0.3 is 5.97 Å². The predicted octanol–water partition coefficient (Wildman–Crippen LogP) is 3.35. The van der Waals surface area contributed by atoms with Gasteiger partial charge in [-0.3, -0.25) is 10.1 Å². The van der Waals surface area contributed by atoms with E-state index in [4.69, 9.17) is 16.4 Å². The fourth-order valence-corrected chi connectivity index (χ4v) is 1.64. The molecule has 0 radical (unpaired) electrons. The minimum atomic E-state index is -0.643. The molecule has 2 aromatic carbocycles. The summed E-state index contributed by atoms with van der Waals surface area (Å²) in [6, 6.07) is 13.7. The van der Waals surface area contributed by atoms with Crippen molar-refractivity contribution in [2.45, 2.75) is 0 Å². The van der Waals surface area contributed by atoms with Gasteiger partial charge in [-0.2, -0.15) is 0 Å². The summed E-state index contributed by atoms with van der Waals surface area (Å²) in [4.78, 5) is 26.4. The van der Waals surface area contributed by atoms with Gasteiger partial charge in [0.2, 0.25) is 0 Å². The van der Waals surface area contributed by atoms with Crippen LogP contribution < -0.4 is 0 Å². The lowest BCUT2D eigenvalue weighted by atomic mass is 10.2. The number of benzene rings is 2. The van der Waals surface area contributed by atoms with Crippen LogP contribution in [0.2, 0.25) is 0 Å². The van der Waals surface area contributed by atoms with E-state index in [-0.39, 0.29) is 10.9 Å². The Morgan fingerprint density at radius 1 is 1.05 bits per heavy atom. The van der Waals surface area contributed by atoms with Crippen molar-refractivity contribution < 1.29 is 14.6 Å². The van der Waals surface area contributed by atoms with Gasteiger partial charge in [0.25, 0.3) is 5.69 Å². The van der Waals surface area contributed by atoms with Gasteiger partial charge in [0.15, 0.2) is 5.17 Å². The molecule has 0 unspecified atom stereocenters. The van der Waals surface area contributed by atoms with Gasteiger partial charge in [0, 0.05) is 17.7 Å². The zero-order valence-corrected chi connectivity index (χ0v) is 11.4. The van der Waals surface area contributed by atoms with E-state index in [0.29, 0.717) is 11.1 Å². The Labute approximate surface area is 124 Å². The Hall–Kier alpha value is -2.73. The number of non-ortho nitro benzene ring substituents is 1. The smallest absolute Gasteiger partial charge is 0.311 e. The molecule has 6 nitrogen and oxygen atoms in total. The fourth-order valence-electron chi connectivity index (χ4n) is 1.48. The lowest BCUT2D eigenvalue weighted by molar-refractivity contribution is -0.384. The van der Waals surface area contributed by atoms with Gasteiger partial charge in [-0.15, -0.1) is 0 Å². The standard InChI is InChI=1S/C14H9ClN2O4/c15-13(10-6-8-12(9-7-10)17(19)20)16-21-14(18)11-4-2-1-3-5-11/h1-9H/b16-13+. The molecule has 106 valence electrons. The van der Waals surface area contributed by atoms with Crippen LogP contribution in [0.5, 0.6) is 0 Å². The summed E-state index contributed by atoms with van der Waals surface area (Å²) in [5.74, 6) is -0.643. The average Bonchev–Trinajstić information content (AvgIpc) is 2.53. The maximum atomic E-state index is 11.6. The van der Waals surface area contributed by atoms with Crippen LogP contribution in [0.15, 0.2) is 59.8 Å². The van der Waals surface area contributed by atoms with Crippen molar-refractivity contribution in [2.75, 3.05) is 0 Å². The summed E-state index contributed by atoms with van der Waals surface area (Å²) in [7, 11) is 0. The first-order valence-corrected chi connectivity index (χ1v) is 6.20. The van der Waals surface area contributed by atoms with Gasteiger partial charge < -0.3 is 4.84 Å². The van der Waals surface area contributed by atoms with Crippen LogP contribution in [0.4, 0.5) is 5.69 Å². The lowest BCUT2D eigenvalue weighted by Crippen LogP contribution is -2.02. The number of halogens is 1. The van der Waals surface area contributed by atoms with Crippen molar-refractivity contribution in [3.63, 3.8) is 0 Å². The van der Waals surface area contributed by atoms with Gasteiger partial charge in [-0.1, -0.05) is 35.0 Å². The zero-order chi connectivity index (χ0) is 15.2. The number of rotatable bonds is 4. The second-order valence-electron chi connectivity index (χ2n) is 3.93. The molecule has 2 rings (SSSR count). The first-order chi connectivity index (χ1) is 10.1. The van der Waals surface area contributed by atoms with E-state index in [0.717, 1.165) is 0 Å². The summed E-state index contributed by atoms with van der Waals surface area (Å²) >= 11 is 5.87. The summed E-state index contributed by atoms with van der Waals surface area (Å²) in [5.41, 5.74) is 0.682. The van der Waals surface area contributed by atoms with Crippen LogP contribution in [-0.4, -0.2) is 16.1 Å². The Balaban J connectivity index is 2.07. The third kappa shape index (κ3) is 3.87. The largest absolute Gasteiger partial charge is 0.365 e. The first kappa shape index (κ1) is 14.7. The molecule has 2 aromatic rings. The number of hydrogen-bond donors (Lipinski definition) is 0. The molecule has 0 saturated heterocycles. The van der Waals surface area contributed by atoms with Crippen molar-refractivity contribution in [3.8, 4) is 0 Å². The number of nitro groups is 1. The third-order valence-corrected chi connectivity index (χ3v) is 2.82. The van der Waals surface area contributed by atoms with E-state index in [9.17, 15) is 14.9 Å². The molecular formula is C14H9ClN2O4. The summed E-state index contributed by atoms with van der Waals surface area (Å²) in [6.07, 6.45) is 0. The lowest BCUT2D eigenvalue weighted by Gasteiger charge is -2.00. The van der Waals surface area contributed by atoms with E-state index in [1.54, 1.807) is 30.3 Å². The van der Waals surface area contributed by atoms with Gasteiger partial charge in [-0.05, 0) is 24.3 Å². The van der Waals surface area contributed by atoms with Crippen LogP contribution in [0.1, 0.15) is 15.9 Å². The van der Waals surface area contributed by atoms with Gasteiger partial charge in [0.05, 0.1) is 10.5 Å². The minimum Gasteiger partial charge on any atom is -0.311 e. The Morgan fingerprint density at radius 3 is 2.24 bits per heavy atom. The zero-order valence-electron chi connectivity index (χ0n) is 10.6. The molecule has 0 spiro atoms. The number of nitrogens with zero attached hydrogens (tertiary/aromatic N) is 2. The number of oxime groups is 1. The molecule has 0 aliphatic rings. The summed E-state index contributed by atoms with van der Waals surface area (Å²) in [6.45, 7) is 0. The SMILES string of the molecule is O=C(O/N=C(/Cl)c1ccc([N+](=O)[O-])cc1)c1ccccc1.